The molecule has 0 N–H and O–H groups in total. The van der Waals surface area contributed by atoms with Crippen LogP contribution in [0.1, 0.15) is 25.0 Å². The molecule has 3 heterocycles. The summed E-state index contributed by atoms with van der Waals surface area (Å²) in [5.74, 6) is 0.805. The van der Waals surface area contributed by atoms with Crippen LogP contribution in [0.3, 0.4) is 0 Å². The molecule has 1 saturated heterocycles. The average Bonchev–Trinajstić information content (AvgIpc) is 3.01. The Kier molecular flexibility index (Phi) is 3.00. The van der Waals surface area contributed by atoms with Gasteiger partial charge in [-0.15, -0.1) is 0 Å². The van der Waals surface area contributed by atoms with E-state index in [1.54, 1.807) is 4.90 Å². The predicted molar refractivity (Wildman–Crippen MR) is 69.7 cm³/mol. The average molecular weight is 262 g/mol. The zero-order valence-corrected chi connectivity index (χ0v) is 11.1. The van der Waals surface area contributed by atoms with Crippen LogP contribution in [0.4, 0.5) is 5.82 Å². The Morgan fingerprint density at radius 2 is 2.05 bits per heavy atom. The van der Waals surface area contributed by atoms with Gasteiger partial charge in [-0.25, -0.2) is 4.68 Å². The minimum absolute atomic E-state index is 0.0138. The molecule has 6 nitrogen and oxygen atoms in total. The first kappa shape index (κ1) is 12.2. The van der Waals surface area contributed by atoms with Crippen LogP contribution in [0, 0.1) is 6.92 Å². The van der Waals surface area contributed by atoms with Crippen molar-refractivity contribution in [1.82, 2.24) is 14.7 Å². The van der Waals surface area contributed by atoms with E-state index >= 15 is 0 Å². The highest BCUT2D eigenvalue weighted by atomic mass is 16.2. The Labute approximate surface area is 112 Å². The molecule has 6 heteroatoms. The van der Waals surface area contributed by atoms with E-state index in [2.05, 4.69) is 5.10 Å². The molecule has 1 aromatic rings. The summed E-state index contributed by atoms with van der Waals surface area (Å²) in [6, 6.07) is 1.87. The fourth-order valence-corrected chi connectivity index (χ4v) is 2.75. The Balaban J connectivity index is 1.79. The number of anilines is 1. The maximum absolute atomic E-state index is 12.2. The lowest BCUT2D eigenvalue weighted by atomic mass is 10.2. The molecule has 0 spiro atoms. The third kappa shape index (κ3) is 2.22. The summed E-state index contributed by atoms with van der Waals surface area (Å²) in [5.41, 5.74) is 0.878. The molecule has 1 aromatic heterocycles. The molecule has 0 bridgehead atoms. The van der Waals surface area contributed by atoms with E-state index in [1.165, 1.54) is 0 Å². The second kappa shape index (κ2) is 4.68. The summed E-state index contributed by atoms with van der Waals surface area (Å²) in [7, 11) is 0. The Hall–Kier alpha value is -1.85. The second-order valence-electron chi connectivity index (χ2n) is 5.18. The van der Waals surface area contributed by atoms with E-state index in [-0.39, 0.29) is 18.4 Å². The first-order chi connectivity index (χ1) is 9.15. The number of rotatable bonds is 2. The molecule has 2 amide bonds. The van der Waals surface area contributed by atoms with Crippen LogP contribution in [0.5, 0.6) is 0 Å². The van der Waals surface area contributed by atoms with Gasteiger partial charge in [0.1, 0.15) is 12.4 Å². The van der Waals surface area contributed by atoms with Crippen LogP contribution in [-0.4, -0.2) is 46.1 Å². The normalized spacial score (nSPS) is 18.9. The predicted octanol–water partition coefficient (Wildman–Crippen LogP) is 0.551. The van der Waals surface area contributed by atoms with E-state index in [1.807, 2.05) is 22.6 Å². The van der Waals surface area contributed by atoms with Crippen molar-refractivity contribution in [2.75, 3.05) is 24.5 Å². The molecule has 0 unspecified atom stereocenters. The van der Waals surface area contributed by atoms with Gasteiger partial charge < -0.3 is 4.90 Å². The molecular formula is C13H18N4O2. The topological polar surface area (TPSA) is 58.4 Å². The van der Waals surface area contributed by atoms with Crippen molar-refractivity contribution in [2.45, 2.75) is 32.7 Å². The number of likely N-dealkylation sites (tertiary alicyclic amines) is 1. The van der Waals surface area contributed by atoms with Crippen molar-refractivity contribution in [3.05, 3.63) is 11.8 Å². The highest BCUT2D eigenvalue weighted by Gasteiger charge is 2.29. The number of aryl methyl sites for hydroxylation is 2. The van der Waals surface area contributed by atoms with Gasteiger partial charge in [-0.3, -0.25) is 14.5 Å². The van der Waals surface area contributed by atoms with Crippen LogP contribution < -0.4 is 4.90 Å². The molecule has 19 heavy (non-hydrogen) atoms. The first-order valence-corrected chi connectivity index (χ1v) is 6.78. The van der Waals surface area contributed by atoms with Crippen molar-refractivity contribution < 1.29 is 9.59 Å². The molecule has 3 rings (SSSR count). The largest absolute Gasteiger partial charge is 0.341 e. The lowest BCUT2D eigenvalue weighted by Gasteiger charge is -2.28. The van der Waals surface area contributed by atoms with Gasteiger partial charge in [0.25, 0.3) is 0 Å². The standard InChI is InChI=1S/C13H18N4O2/c1-10-8-11-16(12(18)4-7-17(11)14-10)9-13(19)15-5-2-3-6-15/h8H,2-7,9H2,1H3. The SMILES string of the molecule is Cc1cc2n(n1)CCC(=O)N2CC(=O)N1CCCC1. The molecule has 0 atom stereocenters. The monoisotopic (exact) mass is 262 g/mol. The molecule has 2 aliphatic heterocycles. The second-order valence-corrected chi connectivity index (χ2v) is 5.18. The fraction of sp³-hybridized carbons (Fsp3) is 0.615. The highest BCUT2D eigenvalue weighted by Crippen LogP contribution is 2.22. The van der Waals surface area contributed by atoms with Crippen LogP contribution >= 0.6 is 0 Å². The third-order valence-corrected chi connectivity index (χ3v) is 3.75. The molecule has 1 fully saturated rings. The van der Waals surface area contributed by atoms with Crippen LogP contribution in [0.25, 0.3) is 0 Å². The number of amides is 2. The number of hydrogen-bond acceptors (Lipinski definition) is 3. The zero-order chi connectivity index (χ0) is 13.4. The van der Waals surface area contributed by atoms with Gasteiger partial charge in [0, 0.05) is 25.6 Å². The molecule has 102 valence electrons. The molecule has 0 aliphatic carbocycles. The lowest BCUT2D eigenvalue weighted by Crippen LogP contribution is -2.45. The number of nitrogens with zero attached hydrogens (tertiary/aromatic N) is 4. The quantitative estimate of drug-likeness (QED) is 0.782. The van der Waals surface area contributed by atoms with Gasteiger partial charge in [0.2, 0.25) is 11.8 Å². The third-order valence-electron chi connectivity index (χ3n) is 3.75. The molecule has 0 saturated carbocycles. The van der Waals surface area contributed by atoms with Crippen LogP contribution in [0.2, 0.25) is 0 Å². The van der Waals surface area contributed by atoms with Crippen molar-refractivity contribution in [3.63, 3.8) is 0 Å². The van der Waals surface area contributed by atoms with Gasteiger partial charge in [0.15, 0.2) is 0 Å². The minimum Gasteiger partial charge on any atom is -0.341 e. The first-order valence-electron chi connectivity index (χ1n) is 6.78. The highest BCUT2D eigenvalue weighted by molar-refractivity contribution is 5.99. The fourth-order valence-electron chi connectivity index (χ4n) is 2.75. The Morgan fingerprint density at radius 1 is 1.32 bits per heavy atom. The molecule has 0 radical (unpaired) electrons. The van der Waals surface area contributed by atoms with Crippen molar-refractivity contribution in [1.29, 1.82) is 0 Å². The molecule has 2 aliphatic rings. The van der Waals surface area contributed by atoms with E-state index in [0.717, 1.165) is 37.4 Å². The van der Waals surface area contributed by atoms with Gasteiger partial charge in [-0.2, -0.15) is 5.10 Å². The van der Waals surface area contributed by atoms with Gasteiger partial charge in [-0.05, 0) is 19.8 Å². The number of hydrogen-bond donors (Lipinski definition) is 0. The van der Waals surface area contributed by atoms with Crippen molar-refractivity contribution >= 4 is 17.6 Å². The van der Waals surface area contributed by atoms with E-state index in [4.69, 9.17) is 0 Å². The summed E-state index contributed by atoms with van der Waals surface area (Å²) >= 11 is 0. The van der Waals surface area contributed by atoms with Gasteiger partial charge in [0.05, 0.1) is 12.2 Å². The number of aromatic nitrogens is 2. The Morgan fingerprint density at radius 3 is 2.79 bits per heavy atom. The van der Waals surface area contributed by atoms with E-state index in [9.17, 15) is 9.59 Å². The number of fused-ring (bicyclic) bond motifs is 1. The lowest BCUT2D eigenvalue weighted by molar-refractivity contribution is -0.130. The van der Waals surface area contributed by atoms with Gasteiger partial charge >= 0.3 is 0 Å². The maximum Gasteiger partial charge on any atom is 0.242 e. The maximum atomic E-state index is 12.2. The zero-order valence-electron chi connectivity index (χ0n) is 11.1. The minimum atomic E-state index is 0.0138. The van der Waals surface area contributed by atoms with Crippen LogP contribution in [0.15, 0.2) is 6.07 Å². The smallest absolute Gasteiger partial charge is 0.242 e. The number of carbonyl (C=O) groups excluding carboxylic acids is 2. The molecule has 0 aromatic carbocycles. The summed E-state index contributed by atoms with van der Waals surface area (Å²) in [6.45, 7) is 4.29. The summed E-state index contributed by atoms with van der Waals surface area (Å²) in [6.07, 6.45) is 2.55. The van der Waals surface area contributed by atoms with E-state index < -0.39 is 0 Å². The van der Waals surface area contributed by atoms with Crippen molar-refractivity contribution in [2.24, 2.45) is 0 Å². The number of carbonyl (C=O) groups is 2. The summed E-state index contributed by atoms with van der Waals surface area (Å²) in [4.78, 5) is 27.6. The van der Waals surface area contributed by atoms with E-state index in [0.29, 0.717) is 13.0 Å². The summed E-state index contributed by atoms with van der Waals surface area (Å²) < 4.78 is 1.81. The Bertz CT molecular complexity index is 517. The summed E-state index contributed by atoms with van der Waals surface area (Å²) in [5, 5.41) is 4.34. The van der Waals surface area contributed by atoms with Crippen LogP contribution in [-0.2, 0) is 16.1 Å². The van der Waals surface area contributed by atoms with Gasteiger partial charge in [-0.1, -0.05) is 0 Å². The van der Waals surface area contributed by atoms with Crippen molar-refractivity contribution in [3.8, 4) is 0 Å². The molecular weight excluding hydrogens is 244 g/mol.